The molecule has 0 saturated carbocycles. The summed E-state index contributed by atoms with van der Waals surface area (Å²) in [5.74, 6) is 0.105. The van der Waals surface area contributed by atoms with Crippen molar-refractivity contribution in [2.75, 3.05) is 0 Å². The Bertz CT molecular complexity index is 1010. The molecule has 0 saturated heterocycles. The summed E-state index contributed by atoms with van der Waals surface area (Å²) in [6.07, 6.45) is 2.33. The number of carbonyl (C=O) groups is 1. The summed E-state index contributed by atoms with van der Waals surface area (Å²) >= 11 is 0. The summed E-state index contributed by atoms with van der Waals surface area (Å²) in [5, 5.41) is 18.5. The molecule has 0 aliphatic carbocycles. The SMILES string of the molecule is Cc1c(C(=O)NCc2ccccn2)c(CC(C)C)nn1-c1ccc([N+](=O)[O-])cc1. The van der Waals surface area contributed by atoms with Crippen molar-refractivity contribution in [2.24, 2.45) is 5.92 Å². The van der Waals surface area contributed by atoms with Crippen LogP contribution in [0.2, 0.25) is 0 Å². The van der Waals surface area contributed by atoms with Crippen molar-refractivity contribution in [1.29, 1.82) is 0 Å². The monoisotopic (exact) mass is 393 g/mol. The Morgan fingerprint density at radius 1 is 1.21 bits per heavy atom. The molecule has 0 atom stereocenters. The molecule has 0 aliphatic heterocycles. The van der Waals surface area contributed by atoms with Gasteiger partial charge in [0.25, 0.3) is 11.6 Å². The third-order valence-electron chi connectivity index (χ3n) is 4.48. The van der Waals surface area contributed by atoms with E-state index in [1.807, 2.05) is 25.1 Å². The summed E-state index contributed by atoms with van der Waals surface area (Å²) in [6, 6.07) is 11.7. The maximum Gasteiger partial charge on any atom is 0.269 e. The lowest BCUT2D eigenvalue weighted by molar-refractivity contribution is -0.384. The number of nitrogens with zero attached hydrogens (tertiary/aromatic N) is 4. The maximum absolute atomic E-state index is 12.9. The summed E-state index contributed by atoms with van der Waals surface area (Å²) in [6.45, 7) is 6.28. The van der Waals surface area contributed by atoms with E-state index in [4.69, 9.17) is 0 Å². The number of nitrogens with one attached hydrogen (secondary N) is 1. The molecule has 0 spiro atoms. The molecule has 1 N–H and O–H groups in total. The molecule has 0 unspecified atom stereocenters. The second kappa shape index (κ2) is 8.64. The van der Waals surface area contributed by atoms with Gasteiger partial charge in [0.1, 0.15) is 0 Å². The van der Waals surface area contributed by atoms with E-state index in [1.54, 1.807) is 23.0 Å². The van der Waals surface area contributed by atoms with E-state index in [0.717, 1.165) is 5.69 Å². The molecule has 8 heteroatoms. The van der Waals surface area contributed by atoms with Gasteiger partial charge in [-0.15, -0.1) is 0 Å². The van der Waals surface area contributed by atoms with Crippen molar-refractivity contribution in [3.8, 4) is 5.69 Å². The van der Waals surface area contributed by atoms with Gasteiger partial charge in [0, 0.05) is 18.3 Å². The van der Waals surface area contributed by atoms with Gasteiger partial charge >= 0.3 is 0 Å². The quantitative estimate of drug-likeness (QED) is 0.488. The molecule has 1 amide bonds. The van der Waals surface area contributed by atoms with Gasteiger partial charge in [-0.3, -0.25) is 19.9 Å². The zero-order valence-electron chi connectivity index (χ0n) is 16.6. The fraction of sp³-hybridized carbons (Fsp3) is 0.286. The minimum Gasteiger partial charge on any atom is -0.346 e. The molecule has 2 heterocycles. The topological polar surface area (TPSA) is 103 Å². The molecule has 1 aromatic carbocycles. The Hall–Kier alpha value is -3.55. The summed E-state index contributed by atoms with van der Waals surface area (Å²) < 4.78 is 1.66. The molecule has 0 aliphatic rings. The average Bonchev–Trinajstić information content (AvgIpc) is 3.02. The molecular formula is C21H23N5O3. The van der Waals surface area contributed by atoms with Crippen LogP contribution < -0.4 is 5.32 Å². The van der Waals surface area contributed by atoms with Gasteiger partial charge in [0.05, 0.1) is 39.8 Å². The summed E-state index contributed by atoms with van der Waals surface area (Å²) in [4.78, 5) is 27.6. The van der Waals surface area contributed by atoms with Crippen molar-refractivity contribution in [3.63, 3.8) is 0 Å². The van der Waals surface area contributed by atoms with Crippen LogP contribution in [0.1, 0.15) is 41.3 Å². The molecule has 0 fully saturated rings. The van der Waals surface area contributed by atoms with E-state index in [9.17, 15) is 14.9 Å². The molecule has 3 aromatic rings. The number of nitro groups is 1. The normalized spacial score (nSPS) is 10.9. The first-order chi connectivity index (χ1) is 13.9. The zero-order chi connectivity index (χ0) is 21.0. The summed E-state index contributed by atoms with van der Waals surface area (Å²) in [5.41, 5.74) is 3.37. The standard InChI is InChI=1S/C21H23N5O3/c1-14(2)12-19-20(21(27)23-13-16-6-4-5-11-22-16)15(3)25(24-19)17-7-9-18(10-8-17)26(28)29/h4-11,14H,12-13H2,1-3H3,(H,23,27). The molecule has 0 bridgehead atoms. The molecule has 29 heavy (non-hydrogen) atoms. The molecule has 150 valence electrons. The lowest BCUT2D eigenvalue weighted by atomic mass is 10.0. The van der Waals surface area contributed by atoms with Gasteiger partial charge in [-0.25, -0.2) is 4.68 Å². The number of nitro benzene ring substituents is 1. The predicted octanol–water partition coefficient (Wildman–Crippen LogP) is 3.61. The Morgan fingerprint density at radius 3 is 2.52 bits per heavy atom. The first-order valence-electron chi connectivity index (χ1n) is 9.38. The van der Waals surface area contributed by atoms with Crippen molar-refractivity contribution in [2.45, 2.75) is 33.7 Å². The molecule has 2 aromatic heterocycles. The van der Waals surface area contributed by atoms with Crippen molar-refractivity contribution in [1.82, 2.24) is 20.1 Å². The van der Waals surface area contributed by atoms with Gasteiger partial charge in [0.15, 0.2) is 0 Å². The van der Waals surface area contributed by atoms with E-state index in [2.05, 4.69) is 29.2 Å². The highest BCUT2D eigenvalue weighted by atomic mass is 16.6. The van der Waals surface area contributed by atoms with Crippen LogP contribution in [0.15, 0.2) is 48.7 Å². The second-order valence-corrected chi connectivity index (χ2v) is 7.19. The van der Waals surface area contributed by atoms with Gasteiger partial charge in [-0.05, 0) is 43.5 Å². The number of benzene rings is 1. The minimum absolute atomic E-state index is 0.00860. The maximum atomic E-state index is 12.9. The van der Waals surface area contributed by atoms with Crippen LogP contribution in [-0.2, 0) is 13.0 Å². The van der Waals surface area contributed by atoms with Crippen LogP contribution in [0.4, 0.5) is 5.69 Å². The number of pyridine rings is 1. The lowest BCUT2D eigenvalue weighted by Gasteiger charge is -2.08. The number of carbonyl (C=O) groups excluding carboxylic acids is 1. The van der Waals surface area contributed by atoms with Crippen LogP contribution in [0.5, 0.6) is 0 Å². The third kappa shape index (κ3) is 4.66. The van der Waals surface area contributed by atoms with Gasteiger partial charge < -0.3 is 5.32 Å². The van der Waals surface area contributed by atoms with Crippen LogP contribution in [0.25, 0.3) is 5.69 Å². The molecule has 3 rings (SSSR count). The molecular weight excluding hydrogens is 370 g/mol. The minimum atomic E-state index is -0.444. The fourth-order valence-electron chi connectivity index (χ4n) is 3.11. The lowest BCUT2D eigenvalue weighted by Crippen LogP contribution is -2.25. The van der Waals surface area contributed by atoms with Crippen LogP contribution in [-0.4, -0.2) is 25.6 Å². The number of hydrogen-bond acceptors (Lipinski definition) is 5. The fourth-order valence-corrected chi connectivity index (χ4v) is 3.11. The van der Waals surface area contributed by atoms with Crippen LogP contribution in [0.3, 0.4) is 0 Å². The average molecular weight is 393 g/mol. The van der Waals surface area contributed by atoms with Crippen molar-refractivity contribution < 1.29 is 9.72 Å². The zero-order valence-corrected chi connectivity index (χ0v) is 16.6. The first-order valence-corrected chi connectivity index (χ1v) is 9.38. The molecule has 8 nitrogen and oxygen atoms in total. The second-order valence-electron chi connectivity index (χ2n) is 7.19. The highest BCUT2D eigenvalue weighted by molar-refractivity contribution is 5.96. The van der Waals surface area contributed by atoms with E-state index in [0.29, 0.717) is 41.5 Å². The number of hydrogen-bond donors (Lipinski definition) is 1. The van der Waals surface area contributed by atoms with E-state index in [-0.39, 0.29) is 11.6 Å². The highest BCUT2D eigenvalue weighted by Crippen LogP contribution is 2.22. The number of amides is 1. The van der Waals surface area contributed by atoms with E-state index >= 15 is 0 Å². The van der Waals surface area contributed by atoms with Gasteiger partial charge in [0.2, 0.25) is 0 Å². The number of aromatic nitrogens is 3. The predicted molar refractivity (Wildman–Crippen MR) is 109 cm³/mol. The van der Waals surface area contributed by atoms with E-state index < -0.39 is 4.92 Å². The van der Waals surface area contributed by atoms with Crippen molar-refractivity contribution >= 4 is 11.6 Å². The Kier molecular flexibility index (Phi) is 6.01. The highest BCUT2D eigenvalue weighted by Gasteiger charge is 2.22. The Morgan fingerprint density at radius 2 is 1.93 bits per heavy atom. The number of rotatable bonds is 7. The Labute approximate surface area is 168 Å². The number of non-ortho nitro benzene ring substituents is 1. The third-order valence-corrected chi connectivity index (χ3v) is 4.48. The van der Waals surface area contributed by atoms with Crippen LogP contribution in [0, 0.1) is 23.0 Å². The van der Waals surface area contributed by atoms with Gasteiger partial charge in [-0.2, -0.15) is 5.10 Å². The van der Waals surface area contributed by atoms with Crippen LogP contribution >= 0.6 is 0 Å². The van der Waals surface area contributed by atoms with E-state index in [1.165, 1.54) is 12.1 Å². The largest absolute Gasteiger partial charge is 0.346 e. The Balaban J connectivity index is 1.92. The first kappa shape index (κ1) is 20.2. The summed E-state index contributed by atoms with van der Waals surface area (Å²) in [7, 11) is 0. The van der Waals surface area contributed by atoms with Gasteiger partial charge in [-0.1, -0.05) is 19.9 Å². The van der Waals surface area contributed by atoms with Crippen molar-refractivity contribution in [3.05, 3.63) is 81.4 Å². The molecule has 0 radical (unpaired) electrons. The smallest absolute Gasteiger partial charge is 0.269 e.